The molecule has 2 N–H and O–H groups in total. The van der Waals surface area contributed by atoms with Crippen LogP contribution in [0.1, 0.15) is 39.5 Å². The Bertz CT molecular complexity index is 125. The van der Waals surface area contributed by atoms with Gasteiger partial charge in [0.25, 0.3) is 0 Å². The van der Waals surface area contributed by atoms with Crippen molar-refractivity contribution in [2.45, 2.75) is 45.6 Å². The molecule has 1 saturated heterocycles. The van der Waals surface area contributed by atoms with Crippen LogP contribution in [-0.4, -0.2) is 25.7 Å². The normalized spacial score (nSPS) is 29.1. The Labute approximate surface area is 82.5 Å². The summed E-state index contributed by atoms with van der Waals surface area (Å²) in [5.41, 5.74) is 0. The largest absolute Gasteiger partial charge is 0.315 e. The molecule has 2 atom stereocenters. The monoisotopic (exact) mass is 184 g/mol. The van der Waals surface area contributed by atoms with E-state index in [1.807, 2.05) is 0 Å². The lowest BCUT2D eigenvalue weighted by molar-refractivity contribution is 0.288. The van der Waals surface area contributed by atoms with Gasteiger partial charge in [0.2, 0.25) is 0 Å². The first-order chi connectivity index (χ1) is 6.36. The maximum atomic E-state index is 3.58. The highest BCUT2D eigenvalue weighted by Crippen LogP contribution is 2.18. The van der Waals surface area contributed by atoms with Crippen molar-refractivity contribution in [3.8, 4) is 0 Å². The molecule has 2 nitrogen and oxygen atoms in total. The number of nitrogens with one attached hydrogen (secondary N) is 2. The lowest BCUT2D eigenvalue weighted by atomic mass is 9.90. The Morgan fingerprint density at radius 3 is 2.92 bits per heavy atom. The smallest absolute Gasteiger partial charge is 0.0195 e. The Balaban J connectivity index is 2.11. The van der Waals surface area contributed by atoms with Gasteiger partial charge in [-0.3, -0.25) is 0 Å². The summed E-state index contributed by atoms with van der Waals surface area (Å²) in [4.78, 5) is 0. The van der Waals surface area contributed by atoms with Gasteiger partial charge in [0.05, 0.1) is 0 Å². The van der Waals surface area contributed by atoms with Crippen molar-refractivity contribution in [3.05, 3.63) is 0 Å². The van der Waals surface area contributed by atoms with E-state index < -0.39 is 0 Å². The van der Waals surface area contributed by atoms with Crippen LogP contribution in [0.25, 0.3) is 0 Å². The molecule has 13 heavy (non-hydrogen) atoms. The van der Waals surface area contributed by atoms with Crippen molar-refractivity contribution >= 4 is 0 Å². The van der Waals surface area contributed by atoms with Crippen LogP contribution in [0.3, 0.4) is 0 Å². The zero-order valence-electron chi connectivity index (χ0n) is 9.10. The molecule has 1 aliphatic heterocycles. The van der Waals surface area contributed by atoms with E-state index in [1.165, 1.54) is 32.2 Å². The first-order valence-corrected chi connectivity index (χ1v) is 5.80. The van der Waals surface area contributed by atoms with Gasteiger partial charge in [-0.15, -0.1) is 0 Å². The van der Waals surface area contributed by atoms with Gasteiger partial charge in [-0.1, -0.05) is 20.3 Å². The summed E-state index contributed by atoms with van der Waals surface area (Å²) in [5, 5.41) is 7.07. The molecule has 1 aliphatic rings. The first kappa shape index (κ1) is 11.0. The van der Waals surface area contributed by atoms with Crippen LogP contribution < -0.4 is 10.6 Å². The molecular formula is C11H24N2. The molecule has 2 unspecified atom stereocenters. The molecule has 1 heterocycles. The first-order valence-electron chi connectivity index (χ1n) is 5.80. The molecule has 0 amide bonds. The standard InChI is InChI=1S/C11H24N2/c1-3-6-12-9-11-8-10(4-2)5-7-13-11/h10-13H,3-9H2,1-2H3. The molecule has 0 aromatic heterocycles. The van der Waals surface area contributed by atoms with E-state index in [4.69, 9.17) is 0 Å². The number of rotatable bonds is 5. The van der Waals surface area contributed by atoms with E-state index in [0.29, 0.717) is 0 Å². The third-order valence-corrected chi connectivity index (χ3v) is 3.00. The minimum Gasteiger partial charge on any atom is -0.315 e. The zero-order valence-corrected chi connectivity index (χ0v) is 9.10. The fourth-order valence-corrected chi connectivity index (χ4v) is 2.07. The highest BCUT2D eigenvalue weighted by molar-refractivity contribution is 4.79. The molecule has 0 aromatic rings. The molecule has 0 saturated carbocycles. The van der Waals surface area contributed by atoms with Crippen LogP contribution in [-0.2, 0) is 0 Å². The van der Waals surface area contributed by atoms with E-state index in [9.17, 15) is 0 Å². The second kappa shape index (κ2) is 6.39. The number of hydrogen-bond donors (Lipinski definition) is 2. The van der Waals surface area contributed by atoms with Crippen molar-refractivity contribution in [1.29, 1.82) is 0 Å². The van der Waals surface area contributed by atoms with Crippen LogP contribution in [0.4, 0.5) is 0 Å². The van der Waals surface area contributed by atoms with Crippen LogP contribution in [0.15, 0.2) is 0 Å². The van der Waals surface area contributed by atoms with Gasteiger partial charge in [0.1, 0.15) is 0 Å². The molecular weight excluding hydrogens is 160 g/mol. The second-order valence-electron chi connectivity index (χ2n) is 4.15. The molecule has 0 aromatic carbocycles. The van der Waals surface area contributed by atoms with E-state index in [2.05, 4.69) is 24.5 Å². The molecule has 1 rings (SSSR count). The average Bonchev–Trinajstić information content (AvgIpc) is 2.19. The third kappa shape index (κ3) is 4.10. The Hall–Kier alpha value is -0.0800. The van der Waals surface area contributed by atoms with Gasteiger partial charge in [-0.25, -0.2) is 0 Å². The van der Waals surface area contributed by atoms with Crippen molar-refractivity contribution in [3.63, 3.8) is 0 Å². The summed E-state index contributed by atoms with van der Waals surface area (Å²) >= 11 is 0. The molecule has 1 fully saturated rings. The summed E-state index contributed by atoms with van der Waals surface area (Å²) in [6.45, 7) is 8.07. The Morgan fingerprint density at radius 1 is 1.38 bits per heavy atom. The van der Waals surface area contributed by atoms with Gasteiger partial charge >= 0.3 is 0 Å². The average molecular weight is 184 g/mol. The predicted octanol–water partition coefficient (Wildman–Crippen LogP) is 1.76. The van der Waals surface area contributed by atoms with Gasteiger partial charge in [-0.05, 0) is 38.3 Å². The van der Waals surface area contributed by atoms with E-state index in [-0.39, 0.29) is 0 Å². The molecule has 2 heteroatoms. The summed E-state index contributed by atoms with van der Waals surface area (Å²) in [6, 6.07) is 0.727. The summed E-state index contributed by atoms with van der Waals surface area (Å²) in [5.74, 6) is 0.967. The van der Waals surface area contributed by atoms with E-state index in [0.717, 1.165) is 25.0 Å². The highest BCUT2D eigenvalue weighted by atomic mass is 15.0. The van der Waals surface area contributed by atoms with Crippen molar-refractivity contribution in [1.82, 2.24) is 10.6 Å². The fourth-order valence-electron chi connectivity index (χ4n) is 2.07. The van der Waals surface area contributed by atoms with Gasteiger partial charge in [0, 0.05) is 12.6 Å². The van der Waals surface area contributed by atoms with Crippen LogP contribution in [0, 0.1) is 5.92 Å². The summed E-state index contributed by atoms with van der Waals surface area (Å²) < 4.78 is 0. The highest BCUT2D eigenvalue weighted by Gasteiger charge is 2.19. The van der Waals surface area contributed by atoms with Crippen molar-refractivity contribution in [2.75, 3.05) is 19.6 Å². The van der Waals surface area contributed by atoms with Gasteiger partial charge in [-0.2, -0.15) is 0 Å². The Morgan fingerprint density at radius 2 is 2.23 bits per heavy atom. The minimum absolute atomic E-state index is 0.727. The van der Waals surface area contributed by atoms with Gasteiger partial charge < -0.3 is 10.6 Å². The minimum atomic E-state index is 0.727. The summed E-state index contributed by atoms with van der Waals surface area (Å²) in [6.07, 6.45) is 5.34. The van der Waals surface area contributed by atoms with Crippen molar-refractivity contribution in [2.24, 2.45) is 5.92 Å². The molecule has 0 spiro atoms. The van der Waals surface area contributed by atoms with Gasteiger partial charge in [0.15, 0.2) is 0 Å². The number of piperidine rings is 1. The Kier molecular flexibility index (Phi) is 5.40. The molecule has 78 valence electrons. The molecule has 0 radical (unpaired) electrons. The maximum Gasteiger partial charge on any atom is 0.0195 e. The summed E-state index contributed by atoms with van der Waals surface area (Å²) in [7, 11) is 0. The number of hydrogen-bond acceptors (Lipinski definition) is 2. The second-order valence-corrected chi connectivity index (χ2v) is 4.15. The molecule has 0 aliphatic carbocycles. The van der Waals surface area contributed by atoms with Crippen LogP contribution in [0.5, 0.6) is 0 Å². The maximum absolute atomic E-state index is 3.58. The van der Waals surface area contributed by atoms with Crippen LogP contribution >= 0.6 is 0 Å². The van der Waals surface area contributed by atoms with E-state index in [1.54, 1.807) is 0 Å². The topological polar surface area (TPSA) is 24.1 Å². The third-order valence-electron chi connectivity index (χ3n) is 3.00. The SMILES string of the molecule is CCCNCC1CC(CC)CCN1. The van der Waals surface area contributed by atoms with Crippen molar-refractivity contribution < 1.29 is 0 Å². The fraction of sp³-hybridized carbons (Fsp3) is 1.00. The van der Waals surface area contributed by atoms with E-state index >= 15 is 0 Å². The lowest BCUT2D eigenvalue weighted by Crippen LogP contribution is -2.44. The lowest BCUT2D eigenvalue weighted by Gasteiger charge is -2.29. The quantitative estimate of drug-likeness (QED) is 0.636. The zero-order chi connectivity index (χ0) is 9.52. The predicted molar refractivity (Wildman–Crippen MR) is 58.0 cm³/mol. The molecule has 0 bridgehead atoms. The van der Waals surface area contributed by atoms with Crippen LogP contribution in [0.2, 0.25) is 0 Å².